The van der Waals surface area contributed by atoms with E-state index >= 15 is 0 Å². The van der Waals surface area contributed by atoms with Gasteiger partial charge in [0, 0.05) is 12.0 Å². The summed E-state index contributed by atoms with van der Waals surface area (Å²) in [5.41, 5.74) is 0. The monoisotopic (exact) mass is 267 g/mol. The molecule has 2 aliphatic rings. The van der Waals surface area contributed by atoms with Gasteiger partial charge in [0.2, 0.25) is 5.91 Å². The fourth-order valence-electron chi connectivity index (χ4n) is 3.48. The first-order valence-electron chi connectivity index (χ1n) is 7.63. The topological polar surface area (TPSA) is 66.4 Å². The lowest BCUT2D eigenvalue weighted by atomic mass is 9.84. The highest BCUT2D eigenvalue weighted by Gasteiger charge is 2.34. The molecule has 0 aromatic rings. The first kappa shape index (κ1) is 14.4. The van der Waals surface area contributed by atoms with Gasteiger partial charge in [0.25, 0.3) is 0 Å². The van der Waals surface area contributed by atoms with E-state index in [-0.39, 0.29) is 17.7 Å². The second-order valence-corrected chi connectivity index (χ2v) is 6.18. The molecule has 2 atom stereocenters. The minimum Gasteiger partial charge on any atom is -0.481 e. The van der Waals surface area contributed by atoms with Crippen molar-refractivity contribution in [2.75, 3.05) is 0 Å². The number of hydrogen-bond acceptors (Lipinski definition) is 2. The molecule has 0 bridgehead atoms. The van der Waals surface area contributed by atoms with Crippen LogP contribution >= 0.6 is 0 Å². The Morgan fingerprint density at radius 2 is 1.68 bits per heavy atom. The molecule has 0 unspecified atom stereocenters. The van der Waals surface area contributed by atoms with E-state index < -0.39 is 5.97 Å². The summed E-state index contributed by atoms with van der Waals surface area (Å²) in [6.45, 7) is 2.23. The van der Waals surface area contributed by atoms with Gasteiger partial charge in [-0.2, -0.15) is 0 Å². The van der Waals surface area contributed by atoms with Crippen LogP contribution in [0.5, 0.6) is 0 Å². The Kier molecular flexibility index (Phi) is 4.83. The Morgan fingerprint density at radius 1 is 1.05 bits per heavy atom. The van der Waals surface area contributed by atoms with Crippen LogP contribution in [0.25, 0.3) is 0 Å². The summed E-state index contributed by atoms with van der Waals surface area (Å²) in [5.74, 6) is -0.227. The van der Waals surface area contributed by atoms with Crippen molar-refractivity contribution in [1.29, 1.82) is 0 Å². The molecule has 108 valence electrons. The zero-order valence-electron chi connectivity index (χ0n) is 11.7. The van der Waals surface area contributed by atoms with Crippen molar-refractivity contribution >= 4 is 11.9 Å². The Labute approximate surface area is 115 Å². The number of carboxylic acids is 1. The van der Waals surface area contributed by atoms with Crippen LogP contribution < -0.4 is 5.32 Å². The molecule has 4 heteroatoms. The van der Waals surface area contributed by atoms with Crippen LogP contribution in [0.1, 0.15) is 58.3 Å². The van der Waals surface area contributed by atoms with Crippen molar-refractivity contribution in [3.05, 3.63) is 0 Å². The minimum atomic E-state index is -0.751. The molecule has 0 aliphatic heterocycles. The SMILES string of the molecule is CCC1CCC(NC(=O)[C@@H]2CC[C@H](C(=O)O)C2)CC1. The summed E-state index contributed by atoms with van der Waals surface area (Å²) in [4.78, 5) is 23.0. The second-order valence-electron chi connectivity index (χ2n) is 6.18. The first-order valence-corrected chi connectivity index (χ1v) is 7.63. The van der Waals surface area contributed by atoms with Crippen molar-refractivity contribution in [1.82, 2.24) is 5.32 Å². The van der Waals surface area contributed by atoms with E-state index in [0.717, 1.165) is 25.2 Å². The second kappa shape index (κ2) is 6.40. The number of aliphatic carboxylic acids is 1. The van der Waals surface area contributed by atoms with E-state index in [4.69, 9.17) is 5.11 Å². The van der Waals surface area contributed by atoms with Gasteiger partial charge in [0.1, 0.15) is 0 Å². The average molecular weight is 267 g/mol. The average Bonchev–Trinajstić information content (AvgIpc) is 2.89. The fourth-order valence-corrected chi connectivity index (χ4v) is 3.48. The molecular formula is C15H25NO3. The maximum atomic E-state index is 12.1. The van der Waals surface area contributed by atoms with E-state index in [1.54, 1.807) is 0 Å². The number of carboxylic acid groups (broad SMARTS) is 1. The number of hydrogen-bond donors (Lipinski definition) is 2. The molecule has 0 saturated heterocycles. The summed E-state index contributed by atoms with van der Waals surface area (Å²) in [7, 11) is 0. The lowest BCUT2D eigenvalue weighted by Gasteiger charge is -2.29. The largest absolute Gasteiger partial charge is 0.481 e. The van der Waals surface area contributed by atoms with Crippen LogP contribution in [0, 0.1) is 17.8 Å². The van der Waals surface area contributed by atoms with Gasteiger partial charge in [-0.1, -0.05) is 13.3 Å². The highest BCUT2D eigenvalue weighted by Crippen LogP contribution is 2.32. The molecule has 2 aliphatic carbocycles. The lowest BCUT2D eigenvalue weighted by Crippen LogP contribution is -2.40. The summed E-state index contributed by atoms with van der Waals surface area (Å²) in [6, 6.07) is 0.319. The van der Waals surface area contributed by atoms with Gasteiger partial charge in [-0.05, 0) is 50.9 Å². The van der Waals surface area contributed by atoms with Crippen molar-refractivity contribution < 1.29 is 14.7 Å². The molecule has 0 aromatic carbocycles. The quantitative estimate of drug-likeness (QED) is 0.822. The van der Waals surface area contributed by atoms with Crippen LogP contribution in [0.4, 0.5) is 0 Å². The van der Waals surface area contributed by atoms with Crippen molar-refractivity contribution in [3.63, 3.8) is 0 Å². The Hall–Kier alpha value is -1.06. The molecular weight excluding hydrogens is 242 g/mol. The third kappa shape index (κ3) is 3.71. The van der Waals surface area contributed by atoms with E-state index in [1.807, 2.05) is 0 Å². The summed E-state index contributed by atoms with van der Waals surface area (Å²) >= 11 is 0. The molecule has 2 rings (SSSR count). The van der Waals surface area contributed by atoms with Gasteiger partial charge < -0.3 is 10.4 Å². The van der Waals surface area contributed by atoms with Crippen LogP contribution in [0.15, 0.2) is 0 Å². The number of carbonyl (C=O) groups is 2. The number of carbonyl (C=O) groups excluding carboxylic acids is 1. The van der Waals surface area contributed by atoms with Gasteiger partial charge in [0.15, 0.2) is 0 Å². The van der Waals surface area contributed by atoms with E-state index in [0.29, 0.717) is 18.9 Å². The molecule has 2 fully saturated rings. The summed E-state index contributed by atoms with van der Waals surface area (Å²) < 4.78 is 0. The third-order valence-electron chi connectivity index (χ3n) is 4.92. The van der Waals surface area contributed by atoms with Gasteiger partial charge in [0.05, 0.1) is 5.92 Å². The van der Waals surface area contributed by atoms with Crippen molar-refractivity contribution in [3.8, 4) is 0 Å². The van der Waals surface area contributed by atoms with E-state index in [2.05, 4.69) is 12.2 Å². The molecule has 0 heterocycles. The first-order chi connectivity index (χ1) is 9.10. The van der Waals surface area contributed by atoms with Gasteiger partial charge in [-0.15, -0.1) is 0 Å². The van der Waals surface area contributed by atoms with Crippen molar-refractivity contribution in [2.45, 2.75) is 64.3 Å². The fraction of sp³-hybridized carbons (Fsp3) is 0.867. The molecule has 4 nitrogen and oxygen atoms in total. The van der Waals surface area contributed by atoms with Crippen molar-refractivity contribution in [2.24, 2.45) is 17.8 Å². The molecule has 1 amide bonds. The van der Waals surface area contributed by atoms with Crippen LogP contribution in [0.3, 0.4) is 0 Å². The third-order valence-corrected chi connectivity index (χ3v) is 4.92. The highest BCUT2D eigenvalue weighted by molar-refractivity contribution is 5.81. The zero-order chi connectivity index (χ0) is 13.8. The predicted molar refractivity (Wildman–Crippen MR) is 72.6 cm³/mol. The van der Waals surface area contributed by atoms with E-state index in [1.165, 1.54) is 19.3 Å². The zero-order valence-corrected chi connectivity index (χ0v) is 11.7. The minimum absolute atomic E-state index is 0.0787. The summed E-state index contributed by atoms with van der Waals surface area (Å²) in [5, 5.41) is 12.1. The lowest BCUT2D eigenvalue weighted by molar-refractivity contribution is -0.141. The number of amides is 1. The van der Waals surface area contributed by atoms with Crippen LogP contribution in [0.2, 0.25) is 0 Å². The molecule has 0 radical (unpaired) electrons. The summed E-state index contributed by atoms with van der Waals surface area (Å²) in [6.07, 6.45) is 7.73. The van der Waals surface area contributed by atoms with Crippen LogP contribution in [-0.4, -0.2) is 23.0 Å². The Morgan fingerprint density at radius 3 is 2.21 bits per heavy atom. The number of rotatable bonds is 4. The molecule has 2 N–H and O–H groups in total. The normalized spacial score (nSPS) is 35.0. The van der Waals surface area contributed by atoms with Crippen LogP contribution in [-0.2, 0) is 9.59 Å². The smallest absolute Gasteiger partial charge is 0.306 e. The highest BCUT2D eigenvalue weighted by atomic mass is 16.4. The van der Waals surface area contributed by atoms with Gasteiger partial charge in [-0.25, -0.2) is 0 Å². The number of nitrogens with one attached hydrogen (secondary N) is 1. The standard InChI is InChI=1S/C15H25NO3/c1-2-10-3-7-13(8-4-10)16-14(17)11-5-6-12(9-11)15(18)19/h10-13H,2-9H2,1H3,(H,16,17)(H,18,19)/t10?,11-,12+,13?/m1/s1. The Bertz CT molecular complexity index is 334. The Balaban J connectivity index is 1.75. The van der Waals surface area contributed by atoms with Gasteiger partial charge in [-0.3, -0.25) is 9.59 Å². The predicted octanol–water partition coefficient (Wildman–Crippen LogP) is 2.57. The molecule has 19 heavy (non-hydrogen) atoms. The van der Waals surface area contributed by atoms with Gasteiger partial charge >= 0.3 is 5.97 Å². The molecule has 0 aromatic heterocycles. The maximum Gasteiger partial charge on any atom is 0.306 e. The molecule has 0 spiro atoms. The molecule has 2 saturated carbocycles. The maximum absolute atomic E-state index is 12.1. The van der Waals surface area contributed by atoms with E-state index in [9.17, 15) is 9.59 Å².